The summed E-state index contributed by atoms with van der Waals surface area (Å²) < 4.78 is 0. The lowest BCUT2D eigenvalue weighted by Gasteiger charge is -2.53. The maximum absolute atomic E-state index is 4.41. The summed E-state index contributed by atoms with van der Waals surface area (Å²) in [5.41, 5.74) is 0.427. The first-order chi connectivity index (χ1) is 9.57. The quantitative estimate of drug-likeness (QED) is 0.897. The lowest BCUT2D eigenvalue weighted by molar-refractivity contribution is -0.00582. The summed E-state index contributed by atoms with van der Waals surface area (Å²) in [5, 5.41) is 3.77. The first-order valence-corrected chi connectivity index (χ1v) is 7.83. The van der Waals surface area contributed by atoms with E-state index in [1.165, 1.54) is 0 Å². The number of hydrogen-bond acceptors (Lipinski definition) is 4. The minimum atomic E-state index is 0.197. The molecule has 4 nitrogen and oxygen atoms in total. The number of nitrogens with zero attached hydrogens (tertiary/aromatic N) is 3. The van der Waals surface area contributed by atoms with Crippen molar-refractivity contribution >= 4 is 0 Å². The molecule has 1 atom stereocenters. The van der Waals surface area contributed by atoms with Crippen LogP contribution in [0.15, 0.2) is 18.5 Å². The number of piperazine rings is 1. The lowest BCUT2D eigenvalue weighted by Crippen LogP contribution is -2.68. The second-order valence-electron chi connectivity index (χ2n) is 6.22. The van der Waals surface area contributed by atoms with E-state index >= 15 is 0 Å². The summed E-state index contributed by atoms with van der Waals surface area (Å²) in [5.74, 6) is 0.930. The van der Waals surface area contributed by atoms with Crippen LogP contribution in [0.25, 0.3) is 0 Å². The molecule has 2 heterocycles. The molecule has 0 aliphatic carbocycles. The van der Waals surface area contributed by atoms with Crippen molar-refractivity contribution in [2.24, 2.45) is 0 Å². The smallest absolute Gasteiger partial charge is 0.142 e. The van der Waals surface area contributed by atoms with E-state index in [2.05, 4.69) is 47.9 Å². The highest BCUT2D eigenvalue weighted by Crippen LogP contribution is 2.32. The molecular weight excluding hydrogens is 248 g/mol. The van der Waals surface area contributed by atoms with Crippen molar-refractivity contribution in [3.63, 3.8) is 0 Å². The van der Waals surface area contributed by atoms with Crippen molar-refractivity contribution in [3.05, 3.63) is 24.3 Å². The molecule has 1 unspecified atom stereocenters. The molecule has 0 spiro atoms. The van der Waals surface area contributed by atoms with Gasteiger partial charge in [0.2, 0.25) is 0 Å². The van der Waals surface area contributed by atoms with Crippen LogP contribution in [0.3, 0.4) is 0 Å². The van der Waals surface area contributed by atoms with E-state index in [1.54, 1.807) is 0 Å². The van der Waals surface area contributed by atoms with E-state index < -0.39 is 0 Å². The highest BCUT2D eigenvalue weighted by Gasteiger charge is 2.42. The normalized spacial score (nSPS) is 26.6. The maximum Gasteiger partial charge on any atom is 0.142 e. The molecule has 0 aromatic carbocycles. The number of nitrogens with one attached hydrogen (secondary N) is 1. The largest absolute Gasteiger partial charge is 0.308 e. The molecule has 112 valence electrons. The van der Waals surface area contributed by atoms with E-state index in [4.69, 9.17) is 0 Å². The zero-order chi connectivity index (χ0) is 14.6. The van der Waals surface area contributed by atoms with Gasteiger partial charge in [0.05, 0.1) is 6.54 Å². The Morgan fingerprint density at radius 3 is 2.35 bits per heavy atom. The molecule has 1 aliphatic heterocycles. The van der Waals surface area contributed by atoms with E-state index in [-0.39, 0.29) is 11.1 Å². The van der Waals surface area contributed by atoms with Crippen molar-refractivity contribution in [3.8, 4) is 0 Å². The van der Waals surface area contributed by atoms with Crippen molar-refractivity contribution in [1.82, 2.24) is 20.2 Å². The Hall–Kier alpha value is -1.00. The molecule has 1 aliphatic rings. The highest BCUT2D eigenvalue weighted by atomic mass is 15.3. The van der Waals surface area contributed by atoms with Gasteiger partial charge in [-0.1, -0.05) is 20.8 Å². The van der Waals surface area contributed by atoms with Gasteiger partial charge < -0.3 is 5.32 Å². The van der Waals surface area contributed by atoms with Crippen LogP contribution in [0.2, 0.25) is 0 Å². The summed E-state index contributed by atoms with van der Waals surface area (Å²) in [6, 6.07) is 1.88. The minimum absolute atomic E-state index is 0.197. The Kier molecular flexibility index (Phi) is 4.76. The molecule has 4 heteroatoms. The van der Waals surface area contributed by atoms with E-state index in [1.807, 2.05) is 18.5 Å². The fourth-order valence-corrected chi connectivity index (χ4v) is 3.12. The van der Waals surface area contributed by atoms with Gasteiger partial charge in [-0.05, 0) is 32.3 Å². The van der Waals surface area contributed by atoms with Crippen molar-refractivity contribution in [2.45, 2.75) is 64.6 Å². The van der Waals surface area contributed by atoms with Gasteiger partial charge in [0, 0.05) is 36.6 Å². The summed E-state index contributed by atoms with van der Waals surface area (Å²) in [6.07, 6.45) is 7.13. The predicted octanol–water partition coefficient (Wildman–Crippen LogP) is 2.61. The highest BCUT2D eigenvalue weighted by molar-refractivity contribution is 5.04. The van der Waals surface area contributed by atoms with Gasteiger partial charge in [-0.15, -0.1) is 0 Å². The first-order valence-electron chi connectivity index (χ1n) is 7.83. The molecule has 1 aromatic rings. The second-order valence-corrected chi connectivity index (χ2v) is 6.22. The van der Waals surface area contributed by atoms with Gasteiger partial charge in [-0.25, -0.2) is 9.97 Å². The zero-order valence-electron chi connectivity index (χ0n) is 13.3. The van der Waals surface area contributed by atoms with E-state index in [0.717, 1.165) is 44.7 Å². The lowest BCUT2D eigenvalue weighted by atomic mass is 9.82. The molecule has 0 bridgehead atoms. The average molecular weight is 276 g/mol. The Labute approximate surface area is 123 Å². The molecular formula is C16H28N4. The summed E-state index contributed by atoms with van der Waals surface area (Å²) in [7, 11) is 0. The van der Waals surface area contributed by atoms with Crippen molar-refractivity contribution in [2.75, 3.05) is 13.1 Å². The van der Waals surface area contributed by atoms with Crippen molar-refractivity contribution < 1.29 is 0 Å². The van der Waals surface area contributed by atoms with Crippen LogP contribution in [-0.4, -0.2) is 39.0 Å². The van der Waals surface area contributed by atoms with Crippen LogP contribution in [0.5, 0.6) is 0 Å². The standard InChI is InChI=1S/C16H28N4/c1-5-15(4)13-20(11-14-17-9-8-10-18-14)16(6-2,7-3)12-19-15/h8-10,19H,5-7,11-13H2,1-4H3. The number of hydrogen-bond donors (Lipinski definition) is 1. The van der Waals surface area contributed by atoms with Crippen LogP contribution >= 0.6 is 0 Å². The van der Waals surface area contributed by atoms with Crippen LogP contribution in [-0.2, 0) is 6.54 Å². The van der Waals surface area contributed by atoms with E-state index in [0.29, 0.717) is 0 Å². The molecule has 1 saturated heterocycles. The van der Waals surface area contributed by atoms with Gasteiger partial charge in [0.25, 0.3) is 0 Å². The third-order valence-corrected chi connectivity index (χ3v) is 5.10. The summed E-state index contributed by atoms with van der Waals surface area (Å²) in [6.45, 7) is 12.1. The fourth-order valence-electron chi connectivity index (χ4n) is 3.12. The molecule has 1 aromatic heterocycles. The molecule has 1 fully saturated rings. The number of aromatic nitrogens is 2. The number of rotatable bonds is 5. The first kappa shape index (κ1) is 15.4. The summed E-state index contributed by atoms with van der Waals surface area (Å²) in [4.78, 5) is 11.4. The van der Waals surface area contributed by atoms with Crippen molar-refractivity contribution in [1.29, 1.82) is 0 Å². The third kappa shape index (κ3) is 3.01. The Balaban J connectivity index is 2.22. The molecule has 0 saturated carbocycles. The van der Waals surface area contributed by atoms with Crippen LogP contribution in [0, 0.1) is 0 Å². The SMILES string of the molecule is CCC1(C)CN(Cc2ncccn2)C(CC)(CC)CN1. The topological polar surface area (TPSA) is 41.1 Å². The fraction of sp³-hybridized carbons (Fsp3) is 0.750. The van der Waals surface area contributed by atoms with Gasteiger partial charge in [-0.3, -0.25) is 4.90 Å². The van der Waals surface area contributed by atoms with Gasteiger partial charge in [0.15, 0.2) is 0 Å². The van der Waals surface area contributed by atoms with Gasteiger partial charge in [-0.2, -0.15) is 0 Å². The summed E-state index contributed by atoms with van der Waals surface area (Å²) >= 11 is 0. The van der Waals surface area contributed by atoms with Crippen LogP contribution in [0.4, 0.5) is 0 Å². The van der Waals surface area contributed by atoms with Crippen LogP contribution in [0.1, 0.15) is 52.8 Å². The molecule has 0 amide bonds. The monoisotopic (exact) mass is 276 g/mol. The van der Waals surface area contributed by atoms with Crippen LogP contribution < -0.4 is 5.32 Å². The molecule has 1 N–H and O–H groups in total. The van der Waals surface area contributed by atoms with E-state index in [9.17, 15) is 0 Å². The molecule has 20 heavy (non-hydrogen) atoms. The molecule has 0 radical (unpaired) electrons. The zero-order valence-corrected chi connectivity index (χ0v) is 13.3. The Morgan fingerprint density at radius 1 is 1.15 bits per heavy atom. The van der Waals surface area contributed by atoms with Gasteiger partial charge >= 0.3 is 0 Å². The average Bonchev–Trinajstić information content (AvgIpc) is 2.49. The van der Waals surface area contributed by atoms with Gasteiger partial charge in [0.1, 0.15) is 5.82 Å². The predicted molar refractivity (Wildman–Crippen MR) is 82.5 cm³/mol. The minimum Gasteiger partial charge on any atom is -0.308 e. The third-order valence-electron chi connectivity index (χ3n) is 5.10. The Bertz CT molecular complexity index is 416. The maximum atomic E-state index is 4.41. The molecule has 2 rings (SSSR count). The Morgan fingerprint density at radius 2 is 1.80 bits per heavy atom. The second kappa shape index (κ2) is 6.19.